The average molecular weight is 466 g/mol. The highest BCUT2D eigenvalue weighted by Crippen LogP contribution is 2.27. The molecule has 0 aliphatic rings. The lowest BCUT2D eigenvalue weighted by atomic mass is 10.1. The van der Waals surface area contributed by atoms with Gasteiger partial charge in [-0.25, -0.2) is 17.8 Å². The molecule has 0 unspecified atom stereocenters. The summed E-state index contributed by atoms with van der Waals surface area (Å²) in [5.74, 6) is 0.0647. The van der Waals surface area contributed by atoms with E-state index in [-0.39, 0.29) is 21.5 Å². The topological polar surface area (TPSA) is 81.1 Å². The molecule has 3 rings (SSSR count). The molecule has 0 aliphatic heterocycles. The Morgan fingerprint density at radius 1 is 1.19 bits per heavy atom. The third-order valence-electron chi connectivity index (χ3n) is 4.78. The number of anilines is 1. The van der Waals surface area contributed by atoms with E-state index in [1.807, 2.05) is 19.9 Å². The second-order valence-electron chi connectivity index (χ2n) is 7.08. The number of nitrogens with one attached hydrogen (secondary N) is 1. The molecule has 1 aromatic heterocycles. The van der Waals surface area contributed by atoms with Gasteiger partial charge in [-0.2, -0.15) is 0 Å². The van der Waals surface area contributed by atoms with Gasteiger partial charge in [0.15, 0.2) is 15.6 Å². The summed E-state index contributed by atoms with van der Waals surface area (Å²) in [7, 11) is 0.267. The molecule has 0 aliphatic carbocycles. The second-order valence-corrected chi connectivity index (χ2v) is 9.48. The number of halogens is 2. The third-order valence-corrected chi connectivity index (χ3v) is 6.36. The monoisotopic (exact) mass is 465 g/mol. The number of Topliss-reactive ketones (excluding diaryl/α,β-unsaturated/α-hetero) is 1. The van der Waals surface area contributed by atoms with Crippen molar-refractivity contribution in [3.8, 4) is 11.4 Å². The van der Waals surface area contributed by atoms with Crippen molar-refractivity contribution in [3.05, 3.63) is 64.2 Å². The number of aryl methyl sites for hydroxylation is 1. The molecule has 0 saturated carbocycles. The highest BCUT2D eigenvalue weighted by Gasteiger charge is 2.19. The lowest BCUT2D eigenvalue weighted by Gasteiger charge is -2.07. The molecule has 31 heavy (non-hydrogen) atoms. The van der Waals surface area contributed by atoms with Crippen LogP contribution in [0.25, 0.3) is 11.4 Å². The van der Waals surface area contributed by atoms with Crippen molar-refractivity contribution in [1.82, 2.24) is 9.55 Å². The second kappa shape index (κ2) is 9.62. The molecule has 0 amide bonds. The van der Waals surface area contributed by atoms with Crippen molar-refractivity contribution in [2.75, 3.05) is 18.6 Å². The zero-order chi connectivity index (χ0) is 23.5. The first kappa shape index (κ1) is 24.6. The smallest absolute Gasteiger partial charge is 0.179 e. The first-order valence-electron chi connectivity index (χ1n) is 9.35. The summed E-state index contributed by atoms with van der Waals surface area (Å²) >= 11 is 5.73. The Morgan fingerprint density at radius 3 is 2.32 bits per heavy atom. The predicted octanol–water partition coefficient (Wildman–Crippen LogP) is 4.83. The van der Waals surface area contributed by atoms with Crippen molar-refractivity contribution in [1.29, 1.82) is 0 Å². The SMILES string of the molecule is CC(=O)c1nc(-c2c(C)cccc2F)n(C)c1C.CNc1ccc(Cl)c(S(C)(=O)=O)c1. The minimum atomic E-state index is -3.24. The van der Waals surface area contributed by atoms with Gasteiger partial charge in [0.2, 0.25) is 0 Å². The minimum Gasteiger partial charge on any atom is -0.388 e. The lowest BCUT2D eigenvalue weighted by molar-refractivity contribution is 0.101. The quantitative estimate of drug-likeness (QED) is 0.558. The molecule has 0 bridgehead atoms. The zero-order valence-electron chi connectivity index (χ0n) is 18.2. The van der Waals surface area contributed by atoms with Crippen LogP contribution in [0.1, 0.15) is 28.7 Å². The first-order chi connectivity index (χ1) is 14.4. The first-order valence-corrected chi connectivity index (χ1v) is 11.6. The van der Waals surface area contributed by atoms with Crippen LogP contribution < -0.4 is 5.32 Å². The van der Waals surface area contributed by atoms with Crippen molar-refractivity contribution in [3.63, 3.8) is 0 Å². The van der Waals surface area contributed by atoms with E-state index in [1.54, 1.807) is 36.9 Å². The summed E-state index contributed by atoms with van der Waals surface area (Å²) in [4.78, 5) is 15.9. The fraction of sp³-hybridized carbons (Fsp3) is 0.273. The summed E-state index contributed by atoms with van der Waals surface area (Å²) in [6.45, 7) is 5.10. The maximum Gasteiger partial charge on any atom is 0.179 e. The molecular formula is C22H25ClFN3O3S. The highest BCUT2D eigenvalue weighted by atomic mass is 35.5. The van der Waals surface area contributed by atoms with Gasteiger partial charge in [0, 0.05) is 38.7 Å². The maximum absolute atomic E-state index is 13.9. The molecule has 0 atom stereocenters. The zero-order valence-corrected chi connectivity index (χ0v) is 19.8. The Morgan fingerprint density at radius 2 is 1.84 bits per heavy atom. The van der Waals surface area contributed by atoms with Crippen molar-refractivity contribution < 1.29 is 17.6 Å². The van der Waals surface area contributed by atoms with Crippen LogP contribution >= 0.6 is 11.6 Å². The van der Waals surface area contributed by atoms with Gasteiger partial charge >= 0.3 is 0 Å². The Hall–Kier alpha value is -2.71. The molecule has 1 N–H and O–H groups in total. The van der Waals surface area contributed by atoms with E-state index in [4.69, 9.17) is 11.6 Å². The van der Waals surface area contributed by atoms with Crippen LogP contribution in [0.3, 0.4) is 0 Å². The molecule has 9 heteroatoms. The number of hydrogen-bond acceptors (Lipinski definition) is 5. The van der Waals surface area contributed by atoms with Crippen molar-refractivity contribution in [2.24, 2.45) is 7.05 Å². The van der Waals surface area contributed by atoms with E-state index in [0.29, 0.717) is 17.1 Å². The standard InChI is InChI=1S/C14H15FN2O.C8H10ClNO2S/c1-8-6-5-7-11(15)12(8)14-16-13(10(3)18)9(2)17(14)4;1-10-6-3-4-7(9)8(5-6)13(2,11)12/h5-7H,1-4H3;3-5,10H,1-2H3. The number of carbonyl (C=O) groups excluding carboxylic acids is 1. The molecular weight excluding hydrogens is 441 g/mol. The molecule has 1 heterocycles. The van der Waals surface area contributed by atoms with Gasteiger partial charge in [-0.3, -0.25) is 4.79 Å². The molecule has 2 aromatic carbocycles. The summed E-state index contributed by atoms with van der Waals surface area (Å²) < 4.78 is 38.1. The fourth-order valence-corrected chi connectivity index (χ4v) is 4.30. The van der Waals surface area contributed by atoms with Crippen molar-refractivity contribution in [2.45, 2.75) is 25.7 Å². The van der Waals surface area contributed by atoms with E-state index in [9.17, 15) is 17.6 Å². The van der Waals surface area contributed by atoms with Gasteiger partial charge in [-0.1, -0.05) is 23.7 Å². The molecule has 6 nitrogen and oxygen atoms in total. The highest BCUT2D eigenvalue weighted by molar-refractivity contribution is 7.90. The minimum absolute atomic E-state index is 0.108. The van der Waals surface area contributed by atoms with Crippen LogP contribution in [0.4, 0.5) is 10.1 Å². The van der Waals surface area contributed by atoms with Gasteiger partial charge in [-0.15, -0.1) is 0 Å². The van der Waals surface area contributed by atoms with Crippen LogP contribution in [0, 0.1) is 19.7 Å². The maximum atomic E-state index is 13.9. The molecule has 0 spiro atoms. The molecule has 3 aromatic rings. The van der Waals surface area contributed by atoms with Gasteiger partial charge in [0.25, 0.3) is 0 Å². The number of sulfone groups is 1. The Labute approximate surface area is 187 Å². The lowest BCUT2D eigenvalue weighted by Crippen LogP contribution is -1.99. The van der Waals surface area contributed by atoms with Crippen LogP contribution in [-0.2, 0) is 16.9 Å². The summed E-state index contributed by atoms with van der Waals surface area (Å²) in [6, 6.07) is 9.68. The number of carbonyl (C=O) groups is 1. The van der Waals surface area contributed by atoms with Gasteiger partial charge in [0.1, 0.15) is 17.3 Å². The normalized spacial score (nSPS) is 11.0. The van der Waals surface area contributed by atoms with E-state index < -0.39 is 9.84 Å². The fourth-order valence-electron chi connectivity index (χ4n) is 2.99. The molecule has 166 valence electrons. The average Bonchev–Trinajstić information content (AvgIpc) is 2.97. The number of aromatic nitrogens is 2. The summed E-state index contributed by atoms with van der Waals surface area (Å²) in [5, 5.41) is 3.09. The predicted molar refractivity (Wildman–Crippen MR) is 122 cm³/mol. The van der Waals surface area contributed by atoms with E-state index in [2.05, 4.69) is 10.3 Å². The number of ketones is 1. The number of hydrogen-bond donors (Lipinski definition) is 1. The number of rotatable bonds is 4. The van der Waals surface area contributed by atoms with Crippen LogP contribution in [0.5, 0.6) is 0 Å². The van der Waals surface area contributed by atoms with Crippen LogP contribution in [-0.4, -0.2) is 37.1 Å². The van der Waals surface area contributed by atoms with E-state index in [0.717, 1.165) is 23.2 Å². The third kappa shape index (κ3) is 5.51. The van der Waals surface area contributed by atoms with Gasteiger partial charge < -0.3 is 9.88 Å². The van der Waals surface area contributed by atoms with E-state index >= 15 is 0 Å². The van der Waals surface area contributed by atoms with E-state index in [1.165, 1.54) is 19.1 Å². The number of imidazole rings is 1. The van der Waals surface area contributed by atoms with Crippen molar-refractivity contribution >= 4 is 32.9 Å². The number of nitrogens with zero attached hydrogens (tertiary/aromatic N) is 2. The molecule has 0 fully saturated rings. The number of benzene rings is 2. The largest absolute Gasteiger partial charge is 0.388 e. The summed E-state index contributed by atoms with van der Waals surface area (Å²) in [6.07, 6.45) is 1.13. The van der Waals surface area contributed by atoms with Crippen LogP contribution in [0.15, 0.2) is 41.3 Å². The molecule has 0 radical (unpaired) electrons. The van der Waals surface area contributed by atoms with Gasteiger partial charge in [-0.05, 0) is 43.7 Å². The Bertz CT molecular complexity index is 1220. The van der Waals surface area contributed by atoms with Crippen LogP contribution in [0.2, 0.25) is 5.02 Å². The Kier molecular flexibility index (Phi) is 7.62. The molecule has 0 saturated heterocycles. The van der Waals surface area contributed by atoms with Gasteiger partial charge in [0.05, 0.1) is 15.5 Å². The summed E-state index contributed by atoms with van der Waals surface area (Å²) in [5.41, 5.74) is 3.13. The Balaban J connectivity index is 0.000000233.